The van der Waals surface area contributed by atoms with Gasteiger partial charge in [-0.3, -0.25) is 9.89 Å². The maximum atomic E-state index is 13.3. The van der Waals surface area contributed by atoms with Crippen molar-refractivity contribution in [3.8, 4) is 10.4 Å². The molecule has 0 amide bonds. The second-order valence-corrected chi connectivity index (χ2v) is 6.28. The summed E-state index contributed by atoms with van der Waals surface area (Å²) in [7, 11) is 0. The van der Waals surface area contributed by atoms with Crippen molar-refractivity contribution < 1.29 is 18.6 Å². The fourth-order valence-electron chi connectivity index (χ4n) is 2.81. The summed E-state index contributed by atoms with van der Waals surface area (Å²) in [6.45, 7) is -0.276. The van der Waals surface area contributed by atoms with E-state index in [1.165, 1.54) is 11.3 Å². The number of aliphatic hydroxyl groups is 1. The van der Waals surface area contributed by atoms with Crippen molar-refractivity contribution in [2.75, 3.05) is 6.61 Å². The van der Waals surface area contributed by atoms with E-state index in [-0.39, 0.29) is 17.9 Å². The summed E-state index contributed by atoms with van der Waals surface area (Å²) in [4.78, 5) is 15.5. The predicted octanol–water partition coefficient (Wildman–Crippen LogP) is 2.35. The number of nitrogens with zero attached hydrogens (tertiary/aromatic N) is 1. The minimum Gasteiger partial charge on any atom is -0.384 e. The van der Waals surface area contributed by atoms with Crippen LogP contribution < -0.4 is 5.56 Å². The summed E-state index contributed by atoms with van der Waals surface area (Å²) < 4.78 is 32.1. The fourth-order valence-corrected chi connectivity index (χ4v) is 3.86. The molecule has 4 rings (SSSR count). The van der Waals surface area contributed by atoms with Gasteiger partial charge < -0.3 is 14.8 Å². The van der Waals surface area contributed by atoms with E-state index in [0.29, 0.717) is 10.1 Å². The number of hydrogen-bond acceptors (Lipinski definition) is 5. The van der Waals surface area contributed by atoms with Gasteiger partial charge >= 0.3 is 0 Å². The molecule has 0 saturated heterocycles. The summed E-state index contributed by atoms with van der Waals surface area (Å²) in [5.41, 5.74) is 0.604. The molecular formula is C14H11F2N3O3S. The molecule has 2 unspecified atom stereocenters. The number of aromatic nitrogens is 3. The third kappa shape index (κ3) is 2.19. The largest absolute Gasteiger partial charge is 0.384 e. The molecule has 9 heteroatoms. The molecule has 23 heavy (non-hydrogen) atoms. The van der Waals surface area contributed by atoms with Crippen molar-refractivity contribution in [2.24, 2.45) is 0 Å². The molecule has 3 N–H and O–H groups in total. The van der Waals surface area contributed by atoms with Gasteiger partial charge in [0.05, 0.1) is 18.5 Å². The van der Waals surface area contributed by atoms with Gasteiger partial charge in [0.25, 0.3) is 12.0 Å². The van der Waals surface area contributed by atoms with Gasteiger partial charge in [0.1, 0.15) is 16.9 Å². The predicted molar refractivity (Wildman–Crippen MR) is 79.7 cm³/mol. The number of pyridine rings is 1. The number of alkyl halides is 2. The number of halogens is 2. The Balaban J connectivity index is 2.03. The Hall–Kier alpha value is -2.10. The van der Waals surface area contributed by atoms with Crippen LogP contribution in [0.1, 0.15) is 23.5 Å². The van der Waals surface area contributed by atoms with Gasteiger partial charge in [-0.2, -0.15) is 5.10 Å². The van der Waals surface area contributed by atoms with E-state index >= 15 is 0 Å². The van der Waals surface area contributed by atoms with Gasteiger partial charge in [0.2, 0.25) is 0 Å². The molecule has 1 aliphatic heterocycles. The Morgan fingerprint density at radius 1 is 1.48 bits per heavy atom. The fraction of sp³-hybridized carbons (Fsp3) is 0.286. The summed E-state index contributed by atoms with van der Waals surface area (Å²) in [6, 6.07) is 1.66. The first-order valence-corrected chi connectivity index (χ1v) is 7.64. The third-order valence-electron chi connectivity index (χ3n) is 3.83. The van der Waals surface area contributed by atoms with Crippen molar-refractivity contribution >= 4 is 21.4 Å². The summed E-state index contributed by atoms with van der Waals surface area (Å²) in [5, 5.41) is 16.9. The molecule has 4 heterocycles. The molecule has 0 fully saturated rings. The van der Waals surface area contributed by atoms with Gasteiger partial charge in [-0.05, 0) is 6.07 Å². The lowest BCUT2D eigenvalue weighted by Gasteiger charge is -2.28. The van der Waals surface area contributed by atoms with E-state index < -0.39 is 24.2 Å². The molecule has 2 atom stereocenters. The number of nitrogens with one attached hydrogen (secondary N) is 2. The van der Waals surface area contributed by atoms with Gasteiger partial charge in [-0.25, -0.2) is 8.78 Å². The van der Waals surface area contributed by atoms with Crippen LogP contribution in [0.3, 0.4) is 0 Å². The zero-order chi connectivity index (χ0) is 16.1. The lowest BCUT2D eigenvalue weighted by Crippen LogP contribution is -2.29. The highest BCUT2D eigenvalue weighted by Gasteiger charge is 2.36. The van der Waals surface area contributed by atoms with E-state index in [1.54, 1.807) is 18.5 Å². The quantitative estimate of drug-likeness (QED) is 0.668. The lowest BCUT2D eigenvalue weighted by atomic mass is 9.97. The van der Waals surface area contributed by atoms with Gasteiger partial charge in [0.15, 0.2) is 0 Å². The number of ether oxygens (including phenoxy) is 1. The summed E-state index contributed by atoms with van der Waals surface area (Å²) >= 11 is 1.18. The topological polar surface area (TPSA) is 91.0 Å². The molecule has 1 aliphatic rings. The molecule has 3 aromatic heterocycles. The van der Waals surface area contributed by atoms with Crippen LogP contribution >= 0.6 is 11.3 Å². The first kappa shape index (κ1) is 14.5. The highest BCUT2D eigenvalue weighted by Crippen LogP contribution is 2.42. The second kappa shape index (κ2) is 5.22. The van der Waals surface area contributed by atoms with E-state index in [4.69, 9.17) is 4.74 Å². The zero-order valence-corrected chi connectivity index (χ0v) is 12.4. The van der Waals surface area contributed by atoms with Crippen molar-refractivity contribution in [1.82, 2.24) is 15.2 Å². The minimum absolute atomic E-state index is 0.107. The molecule has 0 saturated carbocycles. The van der Waals surface area contributed by atoms with Crippen LogP contribution in [0.4, 0.5) is 8.78 Å². The van der Waals surface area contributed by atoms with Crippen molar-refractivity contribution in [1.29, 1.82) is 0 Å². The van der Waals surface area contributed by atoms with Gasteiger partial charge in [-0.1, -0.05) is 0 Å². The van der Waals surface area contributed by atoms with Crippen molar-refractivity contribution in [3.05, 3.63) is 40.1 Å². The monoisotopic (exact) mass is 339 g/mol. The zero-order valence-electron chi connectivity index (χ0n) is 11.5. The molecule has 0 aliphatic carbocycles. The number of aliphatic hydroxyl groups excluding tert-OH is 1. The van der Waals surface area contributed by atoms with Crippen LogP contribution in [0.2, 0.25) is 0 Å². The van der Waals surface area contributed by atoms with Gasteiger partial charge in [-0.15, -0.1) is 11.3 Å². The van der Waals surface area contributed by atoms with Crippen molar-refractivity contribution in [3.63, 3.8) is 0 Å². The average Bonchev–Trinajstić information content (AvgIpc) is 3.17. The SMILES string of the molecule is O=c1[nH]c2c(c3cc(-c4cn[nH]c4)sc13)C(C(F)F)OCC2O. The number of thiophene rings is 1. The van der Waals surface area contributed by atoms with E-state index in [0.717, 1.165) is 10.4 Å². The smallest absolute Gasteiger partial charge is 0.268 e. The number of rotatable bonds is 2. The van der Waals surface area contributed by atoms with Crippen LogP contribution in [0.5, 0.6) is 0 Å². The van der Waals surface area contributed by atoms with Crippen molar-refractivity contribution in [2.45, 2.75) is 18.6 Å². The number of fused-ring (bicyclic) bond motifs is 3. The molecular weight excluding hydrogens is 328 g/mol. The Morgan fingerprint density at radius 3 is 3.00 bits per heavy atom. The maximum absolute atomic E-state index is 13.3. The summed E-state index contributed by atoms with van der Waals surface area (Å²) in [6.07, 6.45) is -2.12. The molecule has 0 aromatic carbocycles. The number of hydrogen-bond donors (Lipinski definition) is 3. The Morgan fingerprint density at radius 2 is 2.30 bits per heavy atom. The van der Waals surface area contributed by atoms with E-state index in [9.17, 15) is 18.7 Å². The molecule has 0 radical (unpaired) electrons. The molecule has 3 aromatic rings. The molecule has 0 bridgehead atoms. The molecule has 6 nitrogen and oxygen atoms in total. The minimum atomic E-state index is -2.76. The van der Waals surface area contributed by atoms with Crippen LogP contribution in [-0.2, 0) is 4.74 Å². The number of aromatic amines is 2. The Kier molecular flexibility index (Phi) is 3.29. The number of H-pyrrole nitrogens is 2. The average molecular weight is 339 g/mol. The third-order valence-corrected chi connectivity index (χ3v) is 5.01. The van der Waals surface area contributed by atoms with Crippen LogP contribution in [0, 0.1) is 0 Å². The standard InChI is InChI=1S/C14H11F2N3O3S/c15-13(16)11-9-6-1-8(5-2-17-18-3-5)23-12(6)14(21)19-10(9)7(20)4-22-11/h1-3,7,11,13,20H,4H2,(H,17,18)(H,19,21). The highest BCUT2D eigenvalue weighted by molar-refractivity contribution is 7.22. The summed E-state index contributed by atoms with van der Waals surface area (Å²) in [5.74, 6) is 0. The Bertz CT molecular complexity index is 919. The first-order chi connectivity index (χ1) is 11.1. The normalized spacial score (nSPS) is 21.0. The van der Waals surface area contributed by atoms with Gasteiger partial charge in [0, 0.05) is 27.6 Å². The maximum Gasteiger partial charge on any atom is 0.268 e. The molecule has 0 spiro atoms. The highest BCUT2D eigenvalue weighted by atomic mass is 32.1. The Labute approximate surface area is 131 Å². The van der Waals surface area contributed by atoms with E-state index in [2.05, 4.69) is 15.2 Å². The van der Waals surface area contributed by atoms with Crippen LogP contribution in [0.25, 0.3) is 20.5 Å². The van der Waals surface area contributed by atoms with Crippen LogP contribution in [0.15, 0.2) is 23.3 Å². The molecule has 120 valence electrons. The second-order valence-electron chi connectivity index (χ2n) is 5.23. The van der Waals surface area contributed by atoms with Crippen LogP contribution in [-0.4, -0.2) is 33.3 Å². The van der Waals surface area contributed by atoms with E-state index in [1.807, 2.05) is 0 Å². The lowest BCUT2D eigenvalue weighted by molar-refractivity contribution is -0.0979. The first-order valence-electron chi connectivity index (χ1n) is 6.83.